The Morgan fingerprint density at radius 2 is 2.12 bits per heavy atom. The van der Waals surface area contributed by atoms with Crippen molar-refractivity contribution in [2.75, 3.05) is 20.7 Å². The number of hydrogen-bond acceptors (Lipinski definition) is 4. The molecule has 2 rings (SSSR count). The number of hydrogen-bond donors (Lipinski definition) is 2. The minimum atomic E-state index is 0. The highest BCUT2D eigenvalue weighted by Gasteiger charge is 2.05. The van der Waals surface area contributed by atoms with E-state index >= 15 is 0 Å². The Kier molecular flexibility index (Phi) is 9.81. The average molecular weight is 474 g/mol. The third-order valence-electron chi connectivity index (χ3n) is 3.69. The molecule has 1 aromatic carbocycles. The molecular formula is C18H27IN4OS. The van der Waals surface area contributed by atoms with Crippen molar-refractivity contribution in [2.24, 2.45) is 4.99 Å². The van der Waals surface area contributed by atoms with Crippen molar-refractivity contribution in [3.05, 3.63) is 45.4 Å². The monoisotopic (exact) mass is 474 g/mol. The molecule has 0 aliphatic rings. The highest BCUT2D eigenvalue weighted by atomic mass is 127. The van der Waals surface area contributed by atoms with Gasteiger partial charge in [0.05, 0.1) is 12.1 Å². The van der Waals surface area contributed by atoms with Crippen LogP contribution in [0.3, 0.4) is 0 Å². The number of ether oxygens (including phenoxy) is 1. The number of rotatable bonds is 7. The normalized spacial score (nSPS) is 11.0. The van der Waals surface area contributed by atoms with E-state index in [0.29, 0.717) is 6.54 Å². The van der Waals surface area contributed by atoms with Crippen molar-refractivity contribution in [1.29, 1.82) is 0 Å². The third-order valence-corrected chi connectivity index (χ3v) is 4.90. The van der Waals surface area contributed by atoms with Crippen molar-refractivity contribution in [3.63, 3.8) is 0 Å². The van der Waals surface area contributed by atoms with Gasteiger partial charge in [0.2, 0.25) is 0 Å². The predicted octanol–water partition coefficient (Wildman–Crippen LogP) is 3.55. The lowest BCUT2D eigenvalue weighted by Crippen LogP contribution is -2.37. The van der Waals surface area contributed by atoms with Gasteiger partial charge in [-0.2, -0.15) is 0 Å². The lowest BCUT2D eigenvalue weighted by atomic mass is 10.1. The molecule has 0 spiro atoms. The van der Waals surface area contributed by atoms with Gasteiger partial charge in [0.25, 0.3) is 0 Å². The summed E-state index contributed by atoms with van der Waals surface area (Å²) < 4.78 is 5.44. The third kappa shape index (κ3) is 6.81. The van der Waals surface area contributed by atoms with Gasteiger partial charge in [-0.1, -0.05) is 19.1 Å². The van der Waals surface area contributed by atoms with E-state index < -0.39 is 0 Å². The van der Waals surface area contributed by atoms with E-state index in [2.05, 4.69) is 46.6 Å². The molecule has 0 aliphatic heterocycles. The number of benzene rings is 1. The van der Waals surface area contributed by atoms with E-state index in [9.17, 15) is 0 Å². The smallest absolute Gasteiger partial charge is 0.191 e. The average Bonchev–Trinajstić information content (AvgIpc) is 3.06. The minimum absolute atomic E-state index is 0. The summed E-state index contributed by atoms with van der Waals surface area (Å²) in [6.45, 7) is 5.69. The molecule has 0 saturated heterocycles. The molecule has 1 aromatic heterocycles. The van der Waals surface area contributed by atoms with E-state index in [-0.39, 0.29) is 24.0 Å². The zero-order valence-corrected chi connectivity index (χ0v) is 18.4. The van der Waals surface area contributed by atoms with Crippen LogP contribution in [0.5, 0.6) is 5.75 Å². The summed E-state index contributed by atoms with van der Waals surface area (Å²) in [6.07, 6.45) is 3.92. The first kappa shape index (κ1) is 21.7. The molecule has 0 aliphatic carbocycles. The van der Waals surface area contributed by atoms with Crippen molar-refractivity contribution in [3.8, 4) is 5.75 Å². The molecule has 2 aromatic rings. The molecule has 0 amide bonds. The summed E-state index contributed by atoms with van der Waals surface area (Å²) in [5.74, 6) is 1.68. The maximum atomic E-state index is 5.44. The van der Waals surface area contributed by atoms with Gasteiger partial charge in [-0.25, -0.2) is 4.98 Å². The quantitative estimate of drug-likeness (QED) is 0.366. The number of aryl methyl sites for hydroxylation is 2. The van der Waals surface area contributed by atoms with Crippen LogP contribution in [-0.4, -0.2) is 31.6 Å². The predicted molar refractivity (Wildman–Crippen MR) is 117 cm³/mol. The first-order valence-electron chi connectivity index (χ1n) is 8.17. The second-order valence-corrected chi connectivity index (χ2v) is 6.69. The SMILES string of the molecule is CCc1cnc(CCNC(=NC)NCc2ccc(C)cc2OC)s1.I. The van der Waals surface area contributed by atoms with Gasteiger partial charge in [-0.15, -0.1) is 35.3 Å². The Morgan fingerprint density at radius 3 is 2.76 bits per heavy atom. The van der Waals surface area contributed by atoms with Crippen molar-refractivity contribution >= 4 is 41.3 Å². The Morgan fingerprint density at radius 1 is 1.32 bits per heavy atom. The van der Waals surface area contributed by atoms with Crippen molar-refractivity contribution < 1.29 is 4.74 Å². The van der Waals surface area contributed by atoms with E-state index in [4.69, 9.17) is 4.74 Å². The molecule has 5 nitrogen and oxygen atoms in total. The van der Waals surface area contributed by atoms with Gasteiger partial charge >= 0.3 is 0 Å². The van der Waals surface area contributed by atoms with E-state index in [1.807, 2.05) is 12.3 Å². The van der Waals surface area contributed by atoms with E-state index in [1.165, 1.54) is 10.4 Å². The molecule has 2 N–H and O–H groups in total. The van der Waals surface area contributed by atoms with Crippen molar-refractivity contribution in [2.45, 2.75) is 33.2 Å². The zero-order valence-electron chi connectivity index (χ0n) is 15.3. The number of methoxy groups -OCH3 is 1. The van der Waals surface area contributed by atoms with Gasteiger partial charge in [-0.05, 0) is 25.0 Å². The lowest BCUT2D eigenvalue weighted by Gasteiger charge is -2.14. The first-order chi connectivity index (χ1) is 11.7. The molecule has 0 fully saturated rings. The Bertz CT molecular complexity index is 687. The number of thiazole rings is 1. The number of aliphatic imine (C=N–C) groups is 1. The summed E-state index contributed by atoms with van der Waals surface area (Å²) in [7, 11) is 3.48. The molecular weight excluding hydrogens is 447 g/mol. The molecule has 7 heteroatoms. The molecule has 0 atom stereocenters. The number of aromatic nitrogens is 1. The van der Waals surface area contributed by atoms with Gasteiger partial charge in [-0.3, -0.25) is 4.99 Å². The van der Waals surface area contributed by atoms with E-state index in [1.54, 1.807) is 25.5 Å². The van der Waals surface area contributed by atoms with Crippen LogP contribution in [0.25, 0.3) is 0 Å². The standard InChI is InChI=1S/C18H26N4OS.HI/c1-5-15-12-21-17(24-15)8-9-20-18(19-3)22-11-14-7-6-13(2)10-16(14)23-4;/h6-7,10,12H,5,8-9,11H2,1-4H3,(H2,19,20,22);1H. The summed E-state index contributed by atoms with van der Waals surface area (Å²) in [5, 5.41) is 7.82. The fourth-order valence-electron chi connectivity index (χ4n) is 2.31. The van der Waals surface area contributed by atoms with Crippen LogP contribution in [0.1, 0.15) is 27.9 Å². The molecule has 0 saturated carbocycles. The van der Waals surface area contributed by atoms with Crippen LogP contribution < -0.4 is 15.4 Å². The zero-order chi connectivity index (χ0) is 17.4. The van der Waals surface area contributed by atoms with Gasteiger partial charge < -0.3 is 15.4 Å². The van der Waals surface area contributed by atoms with Gasteiger partial charge in [0, 0.05) is 43.2 Å². The summed E-state index contributed by atoms with van der Waals surface area (Å²) >= 11 is 1.78. The molecule has 0 radical (unpaired) electrons. The number of halogens is 1. The van der Waals surface area contributed by atoms with Crippen LogP contribution >= 0.6 is 35.3 Å². The summed E-state index contributed by atoms with van der Waals surface area (Å²) in [4.78, 5) is 10.0. The van der Waals surface area contributed by atoms with Crippen LogP contribution in [-0.2, 0) is 19.4 Å². The second kappa shape index (κ2) is 11.3. The van der Waals surface area contributed by atoms with Crippen LogP contribution in [0.2, 0.25) is 0 Å². The second-order valence-electron chi connectivity index (χ2n) is 5.49. The Labute approximate surface area is 171 Å². The number of nitrogens with one attached hydrogen (secondary N) is 2. The topological polar surface area (TPSA) is 58.5 Å². The maximum Gasteiger partial charge on any atom is 0.191 e. The summed E-state index contributed by atoms with van der Waals surface area (Å²) in [6, 6.07) is 6.21. The number of nitrogens with zero attached hydrogens (tertiary/aromatic N) is 2. The van der Waals surface area contributed by atoms with Crippen LogP contribution in [0, 0.1) is 6.92 Å². The Balaban J connectivity index is 0.00000312. The highest BCUT2D eigenvalue weighted by molar-refractivity contribution is 14.0. The Hall–Kier alpha value is -1.35. The lowest BCUT2D eigenvalue weighted by molar-refractivity contribution is 0.408. The van der Waals surface area contributed by atoms with Gasteiger partial charge in [0.15, 0.2) is 5.96 Å². The molecule has 0 unspecified atom stereocenters. The minimum Gasteiger partial charge on any atom is -0.496 e. The fourth-order valence-corrected chi connectivity index (χ4v) is 3.17. The molecule has 1 heterocycles. The van der Waals surface area contributed by atoms with Crippen LogP contribution in [0.15, 0.2) is 29.4 Å². The highest BCUT2D eigenvalue weighted by Crippen LogP contribution is 2.19. The summed E-state index contributed by atoms with van der Waals surface area (Å²) in [5.41, 5.74) is 2.30. The number of guanidine groups is 1. The van der Waals surface area contributed by atoms with E-state index in [0.717, 1.165) is 41.7 Å². The first-order valence-corrected chi connectivity index (χ1v) is 8.99. The maximum absolute atomic E-state index is 5.44. The molecule has 0 bridgehead atoms. The van der Waals surface area contributed by atoms with Crippen molar-refractivity contribution in [1.82, 2.24) is 15.6 Å². The van der Waals surface area contributed by atoms with Gasteiger partial charge in [0.1, 0.15) is 5.75 Å². The molecule has 25 heavy (non-hydrogen) atoms. The largest absolute Gasteiger partial charge is 0.496 e. The fraction of sp³-hybridized carbons (Fsp3) is 0.444. The van der Waals surface area contributed by atoms with Crippen LogP contribution in [0.4, 0.5) is 0 Å². The molecule has 138 valence electrons.